The number of benzene rings is 4. The molecule has 0 aliphatic rings. The number of nitrogens with zero attached hydrogens (tertiary/aromatic N) is 2. The number of aryl methyl sites for hydroxylation is 1. The van der Waals surface area contributed by atoms with Gasteiger partial charge in [-0.2, -0.15) is 22.0 Å². The molecule has 3 nitrogen and oxygen atoms in total. The molecule has 1 heterocycles. The SMILES string of the molecule is Cc1cnc(-c2ccc(-c3cc(F)c(C(F)(F)Oc4ccc5c(F)c(C#CC(F)(F)F)c(F)cc5c4)c(F)c3)c(F)c2)nc1. The maximum Gasteiger partial charge on any atom is 0.458 e. The predicted octanol–water partition coefficient (Wildman–Crippen LogP) is 9.01. The number of hydrogen-bond acceptors (Lipinski definition) is 3. The Balaban J connectivity index is 1.44. The highest BCUT2D eigenvalue weighted by atomic mass is 19.4. The third-order valence-corrected chi connectivity index (χ3v) is 6.23. The molecule has 0 spiro atoms. The van der Waals surface area contributed by atoms with Crippen molar-refractivity contribution in [3.63, 3.8) is 0 Å². The van der Waals surface area contributed by atoms with E-state index < -0.39 is 74.6 Å². The Morgan fingerprint density at radius 1 is 0.705 bits per heavy atom. The molecule has 5 aromatic rings. The van der Waals surface area contributed by atoms with Crippen molar-refractivity contribution in [1.82, 2.24) is 9.97 Å². The smallest absolute Gasteiger partial charge is 0.429 e. The van der Waals surface area contributed by atoms with Gasteiger partial charge in [-0.15, -0.1) is 0 Å². The van der Waals surface area contributed by atoms with E-state index in [0.717, 1.165) is 29.7 Å². The van der Waals surface area contributed by atoms with Crippen LogP contribution in [0, 0.1) is 47.9 Å². The number of hydrogen-bond donors (Lipinski definition) is 0. The zero-order valence-electron chi connectivity index (χ0n) is 21.9. The molecule has 5 rings (SSSR count). The molecule has 224 valence electrons. The molecule has 1 aromatic heterocycles. The van der Waals surface area contributed by atoms with Gasteiger partial charge in [-0.3, -0.25) is 0 Å². The number of alkyl halides is 5. The predicted molar refractivity (Wildman–Crippen MR) is 139 cm³/mol. The Kier molecular flexibility index (Phi) is 7.71. The number of rotatable bonds is 5. The molecular weight excluding hydrogens is 606 g/mol. The second-order valence-electron chi connectivity index (χ2n) is 9.39. The minimum absolute atomic E-state index is 0.181. The van der Waals surface area contributed by atoms with Crippen LogP contribution < -0.4 is 4.74 Å². The van der Waals surface area contributed by atoms with Gasteiger partial charge in [0.1, 0.15) is 40.4 Å². The maximum absolute atomic E-state index is 15.0. The Bertz CT molecular complexity index is 1950. The summed E-state index contributed by atoms with van der Waals surface area (Å²) in [6.45, 7) is 1.75. The maximum atomic E-state index is 15.0. The Morgan fingerprint density at radius 2 is 1.34 bits per heavy atom. The van der Waals surface area contributed by atoms with Crippen molar-refractivity contribution in [3.8, 4) is 40.1 Å². The molecule has 0 N–H and O–H groups in total. The Hall–Kier alpha value is -5.12. The summed E-state index contributed by atoms with van der Waals surface area (Å²) in [5.74, 6) is -6.07. The van der Waals surface area contributed by atoms with Gasteiger partial charge in [-0.25, -0.2) is 31.9 Å². The van der Waals surface area contributed by atoms with Gasteiger partial charge in [0.15, 0.2) is 5.82 Å². The minimum Gasteiger partial charge on any atom is -0.429 e. The van der Waals surface area contributed by atoms with Gasteiger partial charge in [0, 0.05) is 34.8 Å². The van der Waals surface area contributed by atoms with E-state index in [1.165, 1.54) is 30.4 Å². The summed E-state index contributed by atoms with van der Waals surface area (Å²) in [6, 6.07) is 7.26. The molecule has 0 fully saturated rings. The first-order chi connectivity index (χ1) is 20.6. The topological polar surface area (TPSA) is 35.0 Å². The van der Waals surface area contributed by atoms with Crippen LogP contribution in [0.1, 0.15) is 16.7 Å². The fraction of sp³-hybridized carbons (Fsp3) is 0.0968. The average molecular weight is 620 g/mol. The molecule has 4 aromatic carbocycles. The highest BCUT2D eigenvalue weighted by Crippen LogP contribution is 2.39. The molecule has 0 amide bonds. The zero-order chi connectivity index (χ0) is 32.0. The van der Waals surface area contributed by atoms with E-state index >= 15 is 8.78 Å². The minimum atomic E-state index is -5.03. The van der Waals surface area contributed by atoms with Crippen molar-refractivity contribution >= 4 is 10.8 Å². The van der Waals surface area contributed by atoms with Crippen LogP contribution in [0.5, 0.6) is 5.75 Å². The van der Waals surface area contributed by atoms with E-state index in [0.29, 0.717) is 24.3 Å². The second kappa shape index (κ2) is 11.2. The first kappa shape index (κ1) is 30.3. The van der Waals surface area contributed by atoms with E-state index in [9.17, 15) is 35.1 Å². The molecular formula is C31H14F10N2O. The van der Waals surface area contributed by atoms with E-state index in [2.05, 4.69) is 14.7 Å². The number of aromatic nitrogens is 2. The van der Waals surface area contributed by atoms with Gasteiger partial charge >= 0.3 is 12.3 Å². The molecule has 0 unspecified atom stereocenters. The lowest BCUT2D eigenvalue weighted by molar-refractivity contribution is -0.189. The van der Waals surface area contributed by atoms with Crippen molar-refractivity contribution in [2.45, 2.75) is 19.2 Å². The van der Waals surface area contributed by atoms with Crippen molar-refractivity contribution in [1.29, 1.82) is 0 Å². The van der Waals surface area contributed by atoms with Gasteiger partial charge in [0.25, 0.3) is 0 Å². The van der Waals surface area contributed by atoms with Crippen LogP contribution in [0.4, 0.5) is 43.9 Å². The molecule has 13 heteroatoms. The van der Waals surface area contributed by atoms with Crippen molar-refractivity contribution < 1.29 is 48.6 Å². The van der Waals surface area contributed by atoms with Crippen LogP contribution >= 0.6 is 0 Å². The summed E-state index contributed by atoms with van der Waals surface area (Å²) in [4.78, 5) is 8.13. The van der Waals surface area contributed by atoms with Gasteiger partial charge in [0.05, 0.1) is 5.56 Å². The highest BCUT2D eigenvalue weighted by Gasteiger charge is 2.41. The molecule has 0 saturated heterocycles. The molecule has 0 aliphatic heterocycles. The second-order valence-corrected chi connectivity index (χ2v) is 9.39. The quantitative estimate of drug-likeness (QED) is 0.145. The first-order valence-corrected chi connectivity index (χ1v) is 12.3. The molecule has 0 aliphatic carbocycles. The number of halogens is 10. The standard InChI is InChI=1S/C31H14F10N2O/c1-15-13-42-29(43-14-15)16-2-4-20(23(32)9-16)18-11-25(34)27(26(35)12-18)31(40,41)44-19-3-5-21-17(8-19)10-24(33)22(28(21)36)6-7-30(37,38)39/h2-5,8-14H,1H3. The van der Waals surface area contributed by atoms with Gasteiger partial charge in [-0.1, -0.05) is 18.1 Å². The summed E-state index contributed by atoms with van der Waals surface area (Å²) in [5.41, 5.74) is -2.74. The van der Waals surface area contributed by atoms with E-state index in [1.54, 1.807) is 6.92 Å². The first-order valence-electron chi connectivity index (χ1n) is 12.3. The molecule has 0 atom stereocenters. The van der Waals surface area contributed by atoms with E-state index in [4.69, 9.17) is 0 Å². The summed E-state index contributed by atoms with van der Waals surface area (Å²) >= 11 is 0. The van der Waals surface area contributed by atoms with Crippen LogP contribution in [0.2, 0.25) is 0 Å². The van der Waals surface area contributed by atoms with Crippen molar-refractivity contribution in [3.05, 3.63) is 113 Å². The lowest BCUT2D eigenvalue weighted by Gasteiger charge is -2.20. The van der Waals surface area contributed by atoms with Crippen LogP contribution in [0.3, 0.4) is 0 Å². The van der Waals surface area contributed by atoms with Gasteiger partial charge < -0.3 is 4.74 Å². The molecule has 44 heavy (non-hydrogen) atoms. The monoisotopic (exact) mass is 620 g/mol. The summed E-state index contributed by atoms with van der Waals surface area (Å²) in [6.07, 6.45) is -6.71. The normalized spacial score (nSPS) is 11.8. The number of fused-ring (bicyclic) bond motifs is 1. The largest absolute Gasteiger partial charge is 0.458 e. The summed E-state index contributed by atoms with van der Waals surface area (Å²) < 4.78 is 145. The number of ether oxygens (including phenoxy) is 1. The van der Waals surface area contributed by atoms with Gasteiger partial charge in [-0.05, 0) is 65.9 Å². The zero-order valence-corrected chi connectivity index (χ0v) is 21.9. The lowest BCUT2D eigenvalue weighted by atomic mass is 10.00. The van der Waals surface area contributed by atoms with Gasteiger partial charge in [0.2, 0.25) is 0 Å². The van der Waals surface area contributed by atoms with Crippen LogP contribution in [0.15, 0.2) is 67.0 Å². The highest BCUT2D eigenvalue weighted by molar-refractivity contribution is 5.86. The Morgan fingerprint density at radius 3 is 1.95 bits per heavy atom. The molecule has 0 radical (unpaired) electrons. The van der Waals surface area contributed by atoms with Crippen LogP contribution in [0.25, 0.3) is 33.3 Å². The fourth-order valence-electron chi connectivity index (χ4n) is 4.26. The third kappa shape index (κ3) is 6.15. The van der Waals surface area contributed by atoms with Crippen molar-refractivity contribution in [2.75, 3.05) is 0 Å². The summed E-state index contributed by atoms with van der Waals surface area (Å²) in [7, 11) is 0. The third-order valence-electron chi connectivity index (χ3n) is 6.23. The van der Waals surface area contributed by atoms with Crippen molar-refractivity contribution in [2.24, 2.45) is 0 Å². The lowest BCUT2D eigenvalue weighted by Crippen LogP contribution is -2.25. The van der Waals surface area contributed by atoms with Crippen LogP contribution in [-0.4, -0.2) is 16.1 Å². The Labute approximate surface area is 241 Å². The average Bonchev–Trinajstić information content (AvgIpc) is 2.91. The molecule has 0 bridgehead atoms. The summed E-state index contributed by atoms with van der Waals surface area (Å²) in [5, 5.41) is -0.908. The van der Waals surface area contributed by atoms with Crippen LogP contribution in [-0.2, 0) is 6.11 Å². The van der Waals surface area contributed by atoms with E-state index in [-0.39, 0.29) is 17.0 Å². The molecule has 0 saturated carbocycles. The van der Waals surface area contributed by atoms with E-state index in [1.807, 2.05) is 0 Å². The fourth-order valence-corrected chi connectivity index (χ4v) is 4.26.